The van der Waals surface area contributed by atoms with Crippen molar-refractivity contribution < 1.29 is 24.2 Å². The van der Waals surface area contributed by atoms with Gasteiger partial charge in [0.25, 0.3) is 0 Å². The van der Waals surface area contributed by atoms with Crippen molar-refractivity contribution in [2.24, 2.45) is 0 Å². The van der Waals surface area contributed by atoms with E-state index in [1.807, 2.05) is 6.92 Å². The first-order valence-electron chi connectivity index (χ1n) is 7.96. The summed E-state index contributed by atoms with van der Waals surface area (Å²) in [4.78, 5) is 33.9. The number of hydrogen-bond acceptors (Lipinski definition) is 4. The van der Waals surface area contributed by atoms with E-state index in [2.05, 4.69) is 10.6 Å². The molecule has 0 atom stereocenters. The lowest BCUT2D eigenvalue weighted by Gasteiger charge is -2.12. The third-order valence-electron chi connectivity index (χ3n) is 3.47. The van der Waals surface area contributed by atoms with E-state index in [0.29, 0.717) is 29.3 Å². The highest BCUT2D eigenvalue weighted by atomic mass is 35.5. The molecule has 0 saturated carbocycles. The quantitative estimate of drug-likeness (QED) is 0.549. The van der Waals surface area contributed by atoms with Crippen LogP contribution >= 0.6 is 11.6 Å². The third kappa shape index (κ3) is 7.89. The molecule has 0 aromatic heterocycles. The van der Waals surface area contributed by atoms with Crippen LogP contribution in [0.2, 0.25) is 5.02 Å². The van der Waals surface area contributed by atoms with Gasteiger partial charge < -0.3 is 20.5 Å². The standard InChI is InChI=1S/C17H23ClN2O5/c1-11-9-13(14(25-2)10-12(11)18)20-16(22)7-8-19-15(21)5-3-4-6-17(23)24/h9-10H,3-8H2,1-2H3,(H,19,21)(H,20,22)(H,23,24). The molecule has 138 valence electrons. The zero-order chi connectivity index (χ0) is 18.8. The number of hydrogen-bond donors (Lipinski definition) is 3. The smallest absolute Gasteiger partial charge is 0.303 e. The Labute approximate surface area is 151 Å². The summed E-state index contributed by atoms with van der Waals surface area (Å²) in [5.41, 5.74) is 1.34. The van der Waals surface area contributed by atoms with E-state index >= 15 is 0 Å². The van der Waals surface area contributed by atoms with Crippen molar-refractivity contribution in [3.05, 3.63) is 22.7 Å². The average Bonchev–Trinajstić information content (AvgIpc) is 2.54. The lowest BCUT2D eigenvalue weighted by Crippen LogP contribution is -2.27. The number of methoxy groups -OCH3 is 1. The molecule has 7 nitrogen and oxygen atoms in total. The van der Waals surface area contributed by atoms with E-state index < -0.39 is 5.97 Å². The molecule has 25 heavy (non-hydrogen) atoms. The number of unbranched alkanes of at least 4 members (excludes halogenated alkanes) is 1. The molecular weight excluding hydrogens is 348 g/mol. The highest BCUT2D eigenvalue weighted by molar-refractivity contribution is 6.31. The van der Waals surface area contributed by atoms with E-state index in [1.54, 1.807) is 12.1 Å². The molecule has 8 heteroatoms. The van der Waals surface area contributed by atoms with Gasteiger partial charge in [-0.3, -0.25) is 14.4 Å². The number of carboxylic acids is 1. The van der Waals surface area contributed by atoms with Crippen LogP contribution in [0.4, 0.5) is 5.69 Å². The molecule has 0 saturated heterocycles. The van der Waals surface area contributed by atoms with Crippen LogP contribution in [-0.4, -0.2) is 36.5 Å². The summed E-state index contributed by atoms with van der Waals surface area (Å²) in [6.07, 6.45) is 1.38. The van der Waals surface area contributed by atoms with Crippen LogP contribution in [0, 0.1) is 6.92 Å². The Morgan fingerprint density at radius 1 is 1.12 bits per heavy atom. The second-order valence-corrected chi connectivity index (χ2v) is 5.96. The highest BCUT2D eigenvalue weighted by Crippen LogP contribution is 2.30. The summed E-state index contributed by atoms with van der Waals surface area (Å²) in [7, 11) is 1.49. The van der Waals surface area contributed by atoms with Crippen molar-refractivity contribution in [1.29, 1.82) is 0 Å². The molecule has 0 fully saturated rings. The normalized spacial score (nSPS) is 10.2. The molecule has 0 spiro atoms. The van der Waals surface area contributed by atoms with E-state index in [9.17, 15) is 14.4 Å². The largest absolute Gasteiger partial charge is 0.495 e. The molecule has 0 heterocycles. The van der Waals surface area contributed by atoms with Crippen LogP contribution in [0.5, 0.6) is 5.75 Å². The summed E-state index contributed by atoms with van der Waals surface area (Å²) < 4.78 is 5.19. The molecule has 3 N–H and O–H groups in total. The lowest BCUT2D eigenvalue weighted by molar-refractivity contribution is -0.137. The number of rotatable bonds is 10. The van der Waals surface area contributed by atoms with Crippen molar-refractivity contribution >= 4 is 35.1 Å². The zero-order valence-electron chi connectivity index (χ0n) is 14.4. The first-order valence-corrected chi connectivity index (χ1v) is 8.33. The van der Waals surface area contributed by atoms with Gasteiger partial charge in [0.1, 0.15) is 5.75 Å². The van der Waals surface area contributed by atoms with Gasteiger partial charge in [-0.25, -0.2) is 0 Å². The average molecular weight is 371 g/mol. The van der Waals surface area contributed by atoms with E-state index in [4.69, 9.17) is 21.4 Å². The highest BCUT2D eigenvalue weighted by Gasteiger charge is 2.11. The SMILES string of the molecule is COc1cc(Cl)c(C)cc1NC(=O)CCNC(=O)CCCCC(=O)O. The predicted octanol–water partition coefficient (Wildman–Crippen LogP) is 2.75. The van der Waals surface area contributed by atoms with Crippen LogP contribution in [0.25, 0.3) is 0 Å². The first-order chi connectivity index (χ1) is 11.8. The number of amides is 2. The van der Waals surface area contributed by atoms with Crippen molar-refractivity contribution in [2.75, 3.05) is 19.0 Å². The lowest BCUT2D eigenvalue weighted by atomic mass is 10.2. The molecule has 2 amide bonds. The van der Waals surface area contributed by atoms with Crippen molar-refractivity contribution in [2.45, 2.75) is 39.0 Å². The maximum atomic E-state index is 12.0. The van der Waals surface area contributed by atoms with Crippen LogP contribution in [-0.2, 0) is 14.4 Å². The van der Waals surface area contributed by atoms with Gasteiger partial charge in [0.2, 0.25) is 11.8 Å². The molecular formula is C17H23ClN2O5. The number of ether oxygens (including phenoxy) is 1. The number of anilines is 1. The van der Waals surface area contributed by atoms with Crippen molar-refractivity contribution in [3.63, 3.8) is 0 Å². The summed E-state index contributed by atoms with van der Waals surface area (Å²) >= 11 is 6.02. The molecule has 0 aliphatic carbocycles. The van der Waals surface area contributed by atoms with Gasteiger partial charge in [0.05, 0.1) is 12.8 Å². The Bertz CT molecular complexity index is 634. The number of halogens is 1. The fourth-order valence-electron chi connectivity index (χ4n) is 2.11. The number of aryl methyl sites for hydroxylation is 1. The minimum Gasteiger partial charge on any atom is -0.495 e. The van der Waals surface area contributed by atoms with E-state index in [0.717, 1.165) is 5.56 Å². The van der Waals surface area contributed by atoms with Gasteiger partial charge in [-0.1, -0.05) is 11.6 Å². The summed E-state index contributed by atoms with van der Waals surface area (Å²) in [5.74, 6) is -0.860. The number of benzene rings is 1. The molecule has 1 rings (SSSR count). The van der Waals surface area contributed by atoms with Gasteiger partial charge >= 0.3 is 5.97 Å². The van der Waals surface area contributed by atoms with Gasteiger partial charge in [0.15, 0.2) is 0 Å². The Kier molecular flexibility index (Phi) is 8.77. The van der Waals surface area contributed by atoms with Crippen LogP contribution in [0.1, 0.15) is 37.7 Å². The zero-order valence-corrected chi connectivity index (χ0v) is 15.1. The summed E-state index contributed by atoms with van der Waals surface area (Å²) in [6.45, 7) is 2.03. The molecule has 0 bridgehead atoms. The maximum absolute atomic E-state index is 12.0. The van der Waals surface area contributed by atoms with Gasteiger partial charge in [0, 0.05) is 36.9 Å². The monoisotopic (exact) mass is 370 g/mol. The molecule has 0 unspecified atom stereocenters. The molecule has 0 aliphatic heterocycles. The number of carbonyl (C=O) groups is 3. The molecule has 1 aromatic carbocycles. The van der Waals surface area contributed by atoms with E-state index in [-0.39, 0.29) is 37.6 Å². The first kappa shape index (κ1) is 20.8. The Hall–Kier alpha value is -2.28. The molecule has 0 radical (unpaired) electrons. The van der Waals surface area contributed by atoms with Crippen LogP contribution < -0.4 is 15.4 Å². The molecule has 0 aliphatic rings. The fourth-order valence-corrected chi connectivity index (χ4v) is 2.26. The van der Waals surface area contributed by atoms with Crippen molar-refractivity contribution in [1.82, 2.24) is 5.32 Å². The maximum Gasteiger partial charge on any atom is 0.303 e. The Morgan fingerprint density at radius 2 is 1.80 bits per heavy atom. The summed E-state index contributed by atoms with van der Waals surface area (Å²) in [5, 5.41) is 14.4. The van der Waals surface area contributed by atoms with Crippen LogP contribution in [0.15, 0.2) is 12.1 Å². The predicted molar refractivity (Wildman–Crippen MR) is 95.1 cm³/mol. The molecule has 1 aromatic rings. The Morgan fingerprint density at radius 3 is 2.44 bits per heavy atom. The van der Waals surface area contributed by atoms with E-state index in [1.165, 1.54) is 7.11 Å². The Balaban J connectivity index is 2.35. The number of carboxylic acid groups (broad SMARTS) is 1. The minimum atomic E-state index is -0.870. The fraction of sp³-hybridized carbons (Fsp3) is 0.471. The second-order valence-electron chi connectivity index (χ2n) is 5.55. The number of aliphatic carboxylic acids is 1. The van der Waals surface area contributed by atoms with Gasteiger partial charge in [-0.15, -0.1) is 0 Å². The van der Waals surface area contributed by atoms with Gasteiger partial charge in [-0.05, 0) is 31.4 Å². The number of carbonyl (C=O) groups excluding carboxylic acids is 2. The topological polar surface area (TPSA) is 105 Å². The number of nitrogens with one attached hydrogen (secondary N) is 2. The van der Waals surface area contributed by atoms with Gasteiger partial charge in [-0.2, -0.15) is 0 Å². The minimum absolute atomic E-state index is 0.0536. The third-order valence-corrected chi connectivity index (χ3v) is 3.88. The van der Waals surface area contributed by atoms with Crippen LogP contribution in [0.3, 0.4) is 0 Å². The second kappa shape index (κ2) is 10.6. The van der Waals surface area contributed by atoms with Crippen molar-refractivity contribution in [3.8, 4) is 5.75 Å². The summed E-state index contributed by atoms with van der Waals surface area (Å²) in [6, 6.07) is 3.35.